The quantitative estimate of drug-likeness (QED) is 0.795. The van der Waals surface area contributed by atoms with E-state index in [-0.39, 0.29) is 25.9 Å². The lowest BCUT2D eigenvalue weighted by atomic mass is 10.3. The number of anilines is 1. The highest BCUT2D eigenvalue weighted by atomic mass is 31.1. The van der Waals surface area contributed by atoms with Gasteiger partial charge in [0.1, 0.15) is 5.82 Å². The van der Waals surface area contributed by atoms with Crippen molar-refractivity contribution in [1.82, 2.24) is 8.90 Å². The number of hydrogen-bond acceptors (Lipinski definition) is 3. The van der Waals surface area contributed by atoms with E-state index in [0.717, 1.165) is 4.57 Å². The number of aromatic nitrogens is 2. The van der Waals surface area contributed by atoms with Crippen LogP contribution in [0.3, 0.4) is 0 Å². The monoisotopic (exact) mass is 257 g/mol. The molecule has 1 heterocycles. The van der Waals surface area contributed by atoms with E-state index in [2.05, 4.69) is 5.32 Å². The fourth-order valence-electron chi connectivity index (χ4n) is 1.58. The molecule has 0 aliphatic heterocycles. The molecule has 1 aromatic heterocycles. The minimum atomic E-state index is -0.382. The number of nitrogens with zero attached hydrogens (tertiary/aromatic N) is 2. The Morgan fingerprint density at radius 3 is 2.41 bits per heavy atom. The molecule has 6 nitrogen and oxygen atoms in total. The summed E-state index contributed by atoms with van der Waals surface area (Å²) in [5.41, 5.74) is -0.348. The lowest BCUT2D eigenvalue weighted by molar-refractivity contribution is -0.114. The van der Waals surface area contributed by atoms with Gasteiger partial charge >= 0.3 is 5.69 Å². The van der Waals surface area contributed by atoms with E-state index in [1.165, 1.54) is 11.3 Å². The van der Waals surface area contributed by atoms with Gasteiger partial charge in [0, 0.05) is 13.5 Å². The van der Waals surface area contributed by atoms with Crippen LogP contribution < -0.4 is 16.6 Å². The van der Waals surface area contributed by atoms with E-state index < -0.39 is 0 Å². The average molecular weight is 257 g/mol. The fourth-order valence-corrected chi connectivity index (χ4v) is 2.34. The predicted octanol–water partition coefficient (Wildman–Crippen LogP) is 0.368. The van der Waals surface area contributed by atoms with Gasteiger partial charge in [-0.25, -0.2) is 4.79 Å². The first-order chi connectivity index (χ1) is 7.93. The molecule has 17 heavy (non-hydrogen) atoms. The summed E-state index contributed by atoms with van der Waals surface area (Å²) in [5, 5.41) is 2.54. The highest BCUT2D eigenvalue weighted by Gasteiger charge is 2.15. The topological polar surface area (TPSA) is 73.1 Å². The molecule has 1 rings (SSSR count). The lowest BCUT2D eigenvalue weighted by Crippen LogP contribution is -2.40. The summed E-state index contributed by atoms with van der Waals surface area (Å²) in [6.07, 6.45) is 0. The molecule has 1 N–H and O–H groups in total. The van der Waals surface area contributed by atoms with Crippen LogP contribution in [0.4, 0.5) is 5.82 Å². The third-order valence-corrected chi connectivity index (χ3v) is 3.26. The Bertz CT molecular complexity index is 559. The summed E-state index contributed by atoms with van der Waals surface area (Å²) in [7, 11) is 0.149. The van der Waals surface area contributed by atoms with E-state index in [1.54, 1.807) is 13.8 Å². The van der Waals surface area contributed by atoms with Gasteiger partial charge in [0.2, 0.25) is 5.91 Å². The number of carbonyl (C=O) groups excluding carboxylic acids is 1. The van der Waals surface area contributed by atoms with Crippen molar-refractivity contribution in [3.8, 4) is 0 Å². The first kappa shape index (κ1) is 13.6. The summed E-state index contributed by atoms with van der Waals surface area (Å²) in [6, 6.07) is 0. The summed E-state index contributed by atoms with van der Waals surface area (Å²) in [4.78, 5) is 35.0. The number of amides is 1. The summed E-state index contributed by atoms with van der Waals surface area (Å²) in [6.45, 7) is 6.83. The third-order valence-electron chi connectivity index (χ3n) is 2.40. The molecule has 0 bridgehead atoms. The van der Waals surface area contributed by atoms with Gasteiger partial charge in [-0.2, -0.15) is 0 Å². The minimum absolute atomic E-state index is 0.149. The molecule has 1 unspecified atom stereocenters. The van der Waals surface area contributed by atoms with E-state index >= 15 is 0 Å². The second kappa shape index (κ2) is 5.27. The zero-order valence-electron chi connectivity index (χ0n) is 10.3. The molecular formula is C10H16N3O3P. The minimum Gasteiger partial charge on any atom is -0.312 e. The van der Waals surface area contributed by atoms with Crippen LogP contribution in [-0.2, 0) is 11.3 Å². The van der Waals surface area contributed by atoms with Crippen LogP contribution in [0.5, 0.6) is 0 Å². The van der Waals surface area contributed by atoms with E-state index in [0.29, 0.717) is 17.9 Å². The van der Waals surface area contributed by atoms with Crippen LogP contribution in [0.25, 0.3) is 0 Å². The first-order valence-corrected chi connectivity index (χ1v) is 6.70. The van der Waals surface area contributed by atoms with Crippen LogP contribution in [0.15, 0.2) is 9.59 Å². The number of hydrogen-bond donors (Lipinski definition) is 1. The van der Waals surface area contributed by atoms with Crippen molar-refractivity contribution in [2.45, 2.75) is 27.3 Å². The molecule has 0 aliphatic carbocycles. The molecule has 1 atom stereocenters. The molecule has 7 heteroatoms. The van der Waals surface area contributed by atoms with Crippen LogP contribution in [-0.4, -0.2) is 21.5 Å². The molecule has 0 fully saturated rings. The van der Waals surface area contributed by atoms with Gasteiger partial charge in [0.05, 0.1) is 5.56 Å². The highest BCUT2D eigenvalue weighted by molar-refractivity contribution is 7.35. The molecule has 0 spiro atoms. The smallest absolute Gasteiger partial charge is 0.312 e. The second-order valence-electron chi connectivity index (χ2n) is 3.55. The van der Waals surface area contributed by atoms with Crippen LogP contribution in [0, 0.1) is 6.92 Å². The molecule has 1 aromatic rings. The van der Waals surface area contributed by atoms with Gasteiger partial charge < -0.3 is 5.32 Å². The van der Waals surface area contributed by atoms with Crippen LogP contribution in [0.1, 0.15) is 19.4 Å². The van der Waals surface area contributed by atoms with Gasteiger partial charge in [0.25, 0.3) is 5.56 Å². The highest BCUT2D eigenvalue weighted by Crippen LogP contribution is 2.16. The van der Waals surface area contributed by atoms with Gasteiger partial charge in [-0.3, -0.25) is 18.5 Å². The molecular weight excluding hydrogens is 241 g/mol. The van der Waals surface area contributed by atoms with Crippen molar-refractivity contribution < 1.29 is 4.79 Å². The van der Waals surface area contributed by atoms with Gasteiger partial charge in [-0.1, -0.05) is 0 Å². The van der Waals surface area contributed by atoms with Crippen LogP contribution in [0.2, 0.25) is 0 Å². The Labute approximate surface area is 100 Å². The summed E-state index contributed by atoms with van der Waals surface area (Å²) >= 11 is 0. The Morgan fingerprint density at radius 1 is 1.41 bits per heavy atom. The van der Waals surface area contributed by atoms with E-state index in [9.17, 15) is 14.4 Å². The third kappa shape index (κ3) is 2.47. The number of carbonyl (C=O) groups is 1. The molecule has 0 radical (unpaired) electrons. The maximum atomic E-state index is 12.0. The van der Waals surface area contributed by atoms with Gasteiger partial charge in [-0.15, -0.1) is 0 Å². The molecule has 0 aliphatic rings. The van der Waals surface area contributed by atoms with Gasteiger partial charge in [0.15, 0.2) is 0 Å². The first-order valence-electron chi connectivity index (χ1n) is 5.25. The van der Waals surface area contributed by atoms with Crippen molar-refractivity contribution in [2.24, 2.45) is 0 Å². The molecule has 0 saturated carbocycles. The predicted molar refractivity (Wildman–Crippen MR) is 69.3 cm³/mol. The zero-order chi connectivity index (χ0) is 13.2. The maximum absolute atomic E-state index is 12.0. The largest absolute Gasteiger partial charge is 0.335 e. The summed E-state index contributed by atoms with van der Waals surface area (Å²) in [5.74, 6) is 0.00572. The van der Waals surface area contributed by atoms with Crippen molar-refractivity contribution in [3.63, 3.8) is 0 Å². The molecule has 94 valence electrons. The van der Waals surface area contributed by atoms with Crippen LogP contribution >= 0.6 is 8.73 Å². The average Bonchev–Trinajstić information content (AvgIpc) is 2.26. The molecule has 0 aromatic carbocycles. The van der Waals surface area contributed by atoms with E-state index in [4.69, 9.17) is 0 Å². The van der Waals surface area contributed by atoms with Crippen molar-refractivity contribution in [2.75, 3.05) is 12.0 Å². The Kier molecular flexibility index (Phi) is 4.23. The van der Waals surface area contributed by atoms with Crippen molar-refractivity contribution in [1.29, 1.82) is 0 Å². The molecule has 0 saturated heterocycles. The Balaban J connectivity index is 3.66. The second-order valence-corrected chi connectivity index (χ2v) is 4.44. The molecule has 1 amide bonds. The summed E-state index contributed by atoms with van der Waals surface area (Å²) < 4.78 is 2.58. The van der Waals surface area contributed by atoms with E-state index in [1.807, 2.05) is 6.66 Å². The number of rotatable bonds is 3. The van der Waals surface area contributed by atoms with Gasteiger partial charge in [-0.05, 0) is 29.2 Å². The Hall–Kier alpha value is -1.42. The SMILES string of the molecule is CCn1c(=O)c(C)c(NC(C)=O)n(PC)c1=O. The number of nitrogens with one attached hydrogen (secondary N) is 1. The lowest BCUT2D eigenvalue weighted by Gasteiger charge is -2.15. The Morgan fingerprint density at radius 2 is 2.00 bits per heavy atom. The fraction of sp³-hybridized carbons (Fsp3) is 0.500. The standard InChI is InChI=1S/C10H16N3O3P/c1-5-12-9(15)6(2)8(11-7(3)14)13(17-4)10(12)16/h17H,5H2,1-4H3,(H,11,14). The maximum Gasteiger partial charge on any atom is 0.335 e. The van der Waals surface area contributed by atoms with Crippen molar-refractivity contribution in [3.05, 3.63) is 26.4 Å². The van der Waals surface area contributed by atoms with Crippen molar-refractivity contribution >= 4 is 20.5 Å². The normalized spacial score (nSPS) is 11.1. The zero-order valence-corrected chi connectivity index (χ0v) is 11.3.